The van der Waals surface area contributed by atoms with Crippen LogP contribution in [0.4, 0.5) is 5.69 Å². The van der Waals surface area contributed by atoms with Crippen molar-refractivity contribution < 1.29 is 23.9 Å². The molecule has 0 unspecified atom stereocenters. The largest absolute Gasteiger partial charge is 0.457 e. The SMILES string of the molecule is Cc1ccc(Oc2ccc(N3C[C@H](C(=O)O[C@@H](C)C(=O)c4ccc(C)cc4)CC3=O)cc2)cc1. The molecule has 174 valence electrons. The zero-order valence-corrected chi connectivity index (χ0v) is 19.5. The van der Waals surface area contributed by atoms with E-state index in [9.17, 15) is 14.4 Å². The second kappa shape index (κ2) is 9.91. The quantitative estimate of drug-likeness (QED) is 0.357. The first kappa shape index (κ1) is 23.2. The number of nitrogens with zero attached hydrogens (tertiary/aromatic N) is 1. The molecule has 2 atom stereocenters. The number of ketones is 1. The zero-order valence-electron chi connectivity index (χ0n) is 19.5. The standard InChI is InChI=1S/C28H27NO5/c1-18-4-8-21(9-5-18)27(31)20(3)33-28(32)22-16-26(30)29(17-22)23-10-14-25(15-11-23)34-24-12-6-19(2)7-13-24/h4-15,20,22H,16-17H2,1-3H3/t20-,22+/m0/s1. The molecule has 0 aromatic heterocycles. The number of rotatable bonds is 7. The van der Waals surface area contributed by atoms with Gasteiger partial charge in [0.25, 0.3) is 0 Å². The normalized spacial score (nSPS) is 16.3. The van der Waals surface area contributed by atoms with Crippen LogP contribution in [-0.2, 0) is 14.3 Å². The molecule has 0 bridgehead atoms. The Hall–Kier alpha value is -3.93. The molecule has 0 radical (unpaired) electrons. The van der Waals surface area contributed by atoms with Crippen molar-refractivity contribution in [2.24, 2.45) is 5.92 Å². The Kier molecular flexibility index (Phi) is 6.77. The van der Waals surface area contributed by atoms with Crippen LogP contribution in [-0.4, -0.2) is 30.3 Å². The number of amides is 1. The Balaban J connectivity index is 1.35. The molecule has 6 nitrogen and oxygen atoms in total. The molecule has 0 saturated carbocycles. The Morgan fingerprint density at radius 1 is 0.853 bits per heavy atom. The van der Waals surface area contributed by atoms with Gasteiger partial charge in [-0.2, -0.15) is 0 Å². The third kappa shape index (κ3) is 5.34. The highest BCUT2D eigenvalue weighted by Crippen LogP contribution is 2.29. The second-order valence-electron chi connectivity index (χ2n) is 8.62. The summed E-state index contributed by atoms with van der Waals surface area (Å²) in [6.45, 7) is 5.71. The lowest BCUT2D eigenvalue weighted by Crippen LogP contribution is -2.30. The van der Waals surface area contributed by atoms with Crippen LogP contribution < -0.4 is 9.64 Å². The molecule has 0 N–H and O–H groups in total. The highest BCUT2D eigenvalue weighted by Gasteiger charge is 2.37. The zero-order chi connectivity index (χ0) is 24.2. The number of ether oxygens (including phenoxy) is 2. The maximum absolute atomic E-state index is 12.7. The molecule has 1 heterocycles. The van der Waals surface area contributed by atoms with Crippen LogP contribution in [0.15, 0.2) is 72.8 Å². The smallest absolute Gasteiger partial charge is 0.312 e. The van der Waals surface area contributed by atoms with Gasteiger partial charge in [-0.25, -0.2) is 0 Å². The predicted octanol–water partition coefficient (Wildman–Crippen LogP) is 5.26. The van der Waals surface area contributed by atoms with E-state index in [2.05, 4.69) is 0 Å². The summed E-state index contributed by atoms with van der Waals surface area (Å²) in [4.78, 5) is 39.4. The van der Waals surface area contributed by atoms with Crippen LogP contribution in [0.2, 0.25) is 0 Å². The molecule has 4 rings (SSSR count). The number of aryl methyl sites for hydroxylation is 2. The molecule has 3 aromatic rings. The van der Waals surface area contributed by atoms with Gasteiger partial charge in [0.1, 0.15) is 11.5 Å². The van der Waals surface area contributed by atoms with Gasteiger partial charge in [-0.1, -0.05) is 47.5 Å². The molecule has 1 amide bonds. The first-order chi connectivity index (χ1) is 16.3. The van der Waals surface area contributed by atoms with E-state index in [4.69, 9.17) is 9.47 Å². The van der Waals surface area contributed by atoms with Gasteiger partial charge in [0, 0.05) is 24.2 Å². The van der Waals surface area contributed by atoms with Crippen LogP contribution in [0.1, 0.15) is 34.8 Å². The minimum atomic E-state index is -0.919. The number of esters is 1. The third-order valence-corrected chi connectivity index (χ3v) is 5.86. The first-order valence-corrected chi connectivity index (χ1v) is 11.3. The molecule has 0 spiro atoms. The van der Waals surface area contributed by atoms with Gasteiger partial charge in [-0.15, -0.1) is 0 Å². The summed E-state index contributed by atoms with van der Waals surface area (Å²) >= 11 is 0. The van der Waals surface area contributed by atoms with Crippen molar-refractivity contribution >= 4 is 23.3 Å². The number of hydrogen-bond donors (Lipinski definition) is 0. The van der Waals surface area contributed by atoms with E-state index in [1.807, 2.05) is 50.2 Å². The van der Waals surface area contributed by atoms with Crippen LogP contribution in [0.5, 0.6) is 11.5 Å². The summed E-state index contributed by atoms with van der Waals surface area (Å²) < 4.78 is 11.3. The highest BCUT2D eigenvalue weighted by molar-refractivity contribution is 6.02. The fourth-order valence-electron chi connectivity index (χ4n) is 3.83. The lowest BCUT2D eigenvalue weighted by atomic mass is 10.1. The van der Waals surface area contributed by atoms with Gasteiger partial charge in [-0.05, 0) is 57.2 Å². The van der Waals surface area contributed by atoms with Crippen molar-refractivity contribution in [2.75, 3.05) is 11.4 Å². The molecular weight excluding hydrogens is 430 g/mol. The van der Waals surface area contributed by atoms with Gasteiger partial charge >= 0.3 is 5.97 Å². The number of Topliss-reactive ketones (excluding diaryl/α,β-unsaturated/α-hetero) is 1. The summed E-state index contributed by atoms with van der Waals surface area (Å²) in [5.74, 6) is -0.205. The molecule has 1 fully saturated rings. The summed E-state index contributed by atoms with van der Waals surface area (Å²) in [6.07, 6.45) is -0.871. The summed E-state index contributed by atoms with van der Waals surface area (Å²) in [5.41, 5.74) is 3.36. The van der Waals surface area contributed by atoms with Gasteiger partial charge in [-0.3, -0.25) is 14.4 Å². The lowest BCUT2D eigenvalue weighted by molar-refractivity contribution is -0.151. The summed E-state index contributed by atoms with van der Waals surface area (Å²) in [6, 6.07) is 22.0. The molecule has 0 aliphatic carbocycles. The molecule has 1 aliphatic heterocycles. The van der Waals surface area contributed by atoms with Crippen molar-refractivity contribution in [3.05, 3.63) is 89.5 Å². The van der Waals surface area contributed by atoms with Crippen LogP contribution in [0.25, 0.3) is 0 Å². The topological polar surface area (TPSA) is 72.9 Å². The van der Waals surface area contributed by atoms with E-state index >= 15 is 0 Å². The van der Waals surface area contributed by atoms with E-state index in [-0.39, 0.29) is 24.7 Å². The number of carbonyl (C=O) groups is 3. The Labute approximate surface area is 199 Å². The molecule has 34 heavy (non-hydrogen) atoms. The van der Waals surface area contributed by atoms with Gasteiger partial charge in [0.15, 0.2) is 6.10 Å². The van der Waals surface area contributed by atoms with Gasteiger partial charge in [0.05, 0.1) is 5.92 Å². The van der Waals surface area contributed by atoms with Gasteiger partial charge in [0.2, 0.25) is 11.7 Å². The van der Waals surface area contributed by atoms with Crippen LogP contribution >= 0.6 is 0 Å². The summed E-state index contributed by atoms with van der Waals surface area (Å²) in [5, 5.41) is 0. The average Bonchev–Trinajstić information content (AvgIpc) is 3.23. The number of benzene rings is 3. The molecule has 1 aliphatic rings. The van der Waals surface area contributed by atoms with E-state index in [1.165, 1.54) is 0 Å². The molecule has 3 aromatic carbocycles. The van der Waals surface area contributed by atoms with E-state index < -0.39 is 18.0 Å². The highest BCUT2D eigenvalue weighted by atomic mass is 16.5. The number of carbonyl (C=O) groups excluding carboxylic acids is 3. The monoisotopic (exact) mass is 457 g/mol. The first-order valence-electron chi connectivity index (χ1n) is 11.3. The number of hydrogen-bond acceptors (Lipinski definition) is 5. The van der Waals surface area contributed by atoms with E-state index in [0.29, 0.717) is 17.0 Å². The maximum atomic E-state index is 12.7. The Morgan fingerprint density at radius 3 is 1.97 bits per heavy atom. The molecule has 6 heteroatoms. The molecule has 1 saturated heterocycles. The van der Waals surface area contributed by atoms with E-state index in [1.54, 1.807) is 48.2 Å². The maximum Gasteiger partial charge on any atom is 0.312 e. The van der Waals surface area contributed by atoms with Crippen molar-refractivity contribution in [2.45, 2.75) is 33.3 Å². The second-order valence-corrected chi connectivity index (χ2v) is 8.62. The summed E-state index contributed by atoms with van der Waals surface area (Å²) in [7, 11) is 0. The fourth-order valence-corrected chi connectivity index (χ4v) is 3.83. The third-order valence-electron chi connectivity index (χ3n) is 5.86. The van der Waals surface area contributed by atoms with Gasteiger partial charge < -0.3 is 14.4 Å². The average molecular weight is 458 g/mol. The van der Waals surface area contributed by atoms with Crippen molar-refractivity contribution in [1.29, 1.82) is 0 Å². The molecular formula is C28H27NO5. The lowest BCUT2D eigenvalue weighted by Gasteiger charge is -2.18. The minimum absolute atomic E-state index is 0.0475. The van der Waals surface area contributed by atoms with Crippen molar-refractivity contribution in [3.8, 4) is 11.5 Å². The van der Waals surface area contributed by atoms with Crippen LogP contribution in [0.3, 0.4) is 0 Å². The van der Waals surface area contributed by atoms with E-state index in [0.717, 1.165) is 16.9 Å². The Bertz CT molecular complexity index is 1180. The Morgan fingerprint density at radius 2 is 1.38 bits per heavy atom. The van der Waals surface area contributed by atoms with Crippen molar-refractivity contribution in [3.63, 3.8) is 0 Å². The van der Waals surface area contributed by atoms with Crippen LogP contribution in [0, 0.1) is 19.8 Å². The number of anilines is 1. The predicted molar refractivity (Wildman–Crippen MR) is 129 cm³/mol. The fraction of sp³-hybridized carbons (Fsp3) is 0.250. The minimum Gasteiger partial charge on any atom is -0.457 e. The van der Waals surface area contributed by atoms with Crippen molar-refractivity contribution in [1.82, 2.24) is 0 Å².